The molecule has 0 aliphatic rings. The lowest BCUT2D eigenvalue weighted by Gasteiger charge is -2.24. The van der Waals surface area contributed by atoms with Crippen molar-refractivity contribution >= 4 is 11.9 Å². The van der Waals surface area contributed by atoms with E-state index in [4.69, 9.17) is 5.11 Å². The number of benzene rings is 1. The van der Waals surface area contributed by atoms with Gasteiger partial charge in [-0.05, 0) is 5.56 Å². The Labute approximate surface area is 98.6 Å². The van der Waals surface area contributed by atoms with Gasteiger partial charge in [0.1, 0.15) is 0 Å². The first-order valence-electron chi connectivity index (χ1n) is 5.09. The standard InChI is InChI=1S/C12H14O5/c1-17-11(15)12(16,8-7-10(13)14)9-5-3-2-4-6-9/h2-6,16H,7-8H2,1H3,(H,13,14). The summed E-state index contributed by atoms with van der Waals surface area (Å²) < 4.78 is 4.52. The van der Waals surface area contributed by atoms with E-state index in [-0.39, 0.29) is 12.8 Å². The molecule has 2 N–H and O–H groups in total. The number of esters is 1. The van der Waals surface area contributed by atoms with Gasteiger partial charge >= 0.3 is 11.9 Å². The van der Waals surface area contributed by atoms with Gasteiger partial charge in [-0.25, -0.2) is 4.79 Å². The van der Waals surface area contributed by atoms with Crippen molar-refractivity contribution in [2.45, 2.75) is 18.4 Å². The minimum absolute atomic E-state index is 0.223. The largest absolute Gasteiger partial charge is 0.481 e. The van der Waals surface area contributed by atoms with Gasteiger partial charge in [-0.15, -0.1) is 0 Å². The fraction of sp³-hybridized carbons (Fsp3) is 0.333. The zero-order chi connectivity index (χ0) is 12.9. The van der Waals surface area contributed by atoms with E-state index in [1.54, 1.807) is 30.3 Å². The van der Waals surface area contributed by atoms with Crippen LogP contribution < -0.4 is 0 Å². The second-order valence-corrected chi connectivity index (χ2v) is 3.61. The fourth-order valence-electron chi connectivity index (χ4n) is 1.53. The van der Waals surface area contributed by atoms with E-state index in [9.17, 15) is 14.7 Å². The van der Waals surface area contributed by atoms with Crippen LogP contribution in [0.1, 0.15) is 18.4 Å². The second kappa shape index (κ2) is 5.45. The van der Waals surface area contributed by atoms with E-state index >= 15 is 0 Å². The van der Waals surface area contributed by atoms with Crippen molar-refractivity contribution in [3.63, 3.8) is 0 Å². The fourth-order valence-corrected chi connectivity index (χ4v) is 1.53. The van der Waals surface area contributed by atoms with Gasteiger partial charge in [0.15, 0.2) is 5.60 Å². The van der Waals surface area contributed by atoms with E-state index in [1.807, 2.05) is 0 Å². The van der Waals surface area contributed by atoms with Crippen molar-refractivity contribution in [1.29, 1.82) is 0 Å². The summed E-state index contributed by atoms with van der Waals surface area (Å²) in [5.74, 6) is -1.94. The third kappa shape index (κ3) is 3.04. The average molecular weight is 238 g/mol. The molecule has 1 atom stereocenters. The summed E-state index contributed by atoms with van der Waals surface area (Å²) in [6, 6.07) is 8.16. The lowest BCUT2D eigenvalue weighted by atomic mass is 9.89. The molecule has 0 amide bonds. The molecular formula is C12H14O5. The van der Waals surface area contributed by atoms with Crippen molar-refractivity contribution in [3.8, 4) is 0 Å². The summed E-state index contributed by atoms with van der Waals surface area (Å²) in [7, 11) is 1.15. The van der Waals surface area contributed by atoms with Crippen LogP contribution in [0.2, 0.25) is 0 Å². The molecule has 17 heavy (non-hydrogen) atoms. The molecule has 0 saturated heterocycles. The highest BCUT2D eigenvalue weighted by molar-refractivity contribution is 5.81. The summed E-state index contributed by atoms with van der Waals surface area (Å²) in [6.07, 6.45) is -0.542. The second-order valence-electron chi connectivity index (χ2n) is 3.61. The normalized spacial score (nSPS) is 13.8. The molecule has 1 unspecified atom stereocenters. The lowest BCUT2D eigenvalue weighted by Crippen LogP contribution is -2.37. The third-order valence-electron chi connectivity index (χ3n) is 2.48. The molecule has 0 aliphatic heterocycles. The monoisotopic (exact) mass is 238 g/mol. The van der Waals surface area contributed by atoms with Crippen LogP contribution in [0.25, 0.3) is 0 Å². The summed E-state index contributed by atoms with van der Waals surface area (Å²) in [5.41, 5.74) is -1.58. The Kier molecular flexibility index (Phi) is 4.23. The Balaban J connectivity index is 3.02. The molecule has 0 spiro atoms. The van der Waals surface area contributed by atoms with Gasteiger partial charge in [0.05, 0.1) is 7.11 Å². The van der Waals surface area contributed by atoms with Gasteiger partial charge in [-0.2, -0.15) is 0 Å². The van der Waals surface area contributed by atoms with Gasteiger partial charge < -0.3 is 14.9 Å². The molecule has 1 aromatic rings. The van der Waals surface area contributed by atoms with E-state index in [1.165, 1.54) is 0 Å². The lowest BCUT2D eigenvalue weighted by molar-refractivity contribution is -0.165. The SMILES string of the molecule is COC(=O)C(O)(CCC(=O)O)c1ccccc1. The van der Waals surface area contributed by atoms with Crippen molar-refractivity contribution in [1.82, 2.24) is 0 Å². The molecule has 0 bridgehead atoms. The van der Waals surface area contributed by atoms with Crippen molar-refractivity contribution < 1.29 is 24.5 Å². The Bertz CT molecular complexity index is 401. The van der Waals surface area contributed by atoms with Crippen molar-refractivity contribution in [2.24, 2.45) is 0 Å². The van der Waals surface area contributed by atoms with Crippen LogP contribution in [0.15, 0.2) is 30.3 Å². The highest BCUT2D eigenvalue weighted by atomic mass is 16.5. The molecule has 0 radical (unpaired) electrons. The topological polar surface area (TPSA) is 83.8 Å². The smallest absolute Gasteiger partial charge is 0.342 e. The van der Waals surface area contributed by atoms with E-state index in [2.05, 4.69) is 4.74 Å². The third-order valence-corrected chi connectivity index (χ3v) is 2.48. The predicted octanol–water partition coefficient (Wildman–Crippen LogP) is 0.912. The van der Waals surface area contributed by atoms with Gasteiger partial charge in [0, 0.05) is 12.8 Å². The van der Waals surface area contributed by atoms with Gasteiger partial charge in [0.25, 0.3) is 0 Å². The molecule has 1 rings (SSSR count). The number of aliphatic carboxylic acids is 1. The summed E-state index contributed by atoms with van der Waals surface area (Å²) in [5, 5.41) is 18.9. The summed E-state index contributed by atoms with van der Waals surface area (Å²) in [6.45, 7) is 0. The highest BCUT2D eigenvalue weighted by Gasteiger charge is 2.39. The maximum Gasteiger partial charge on any atom is 0.342 e. The van der Waals surface area contributed by atoms with Crippen LogP contribution in [0.3, 0.4) is 0 Å². The maximum absolute atomic E-state index is 11.6. The molecular weight excluding hydrogens is 224 g/mol. The number of ether oxygens (including phenoxy) is 1. The molecule has 92 valence electrons. The van der Waals surface area contributed by atoms with Crippen LogP contribution in [-0.2, 0) is 19.9 Å². The molecule has 5 heteroatoms. The number of carboxylic acid groups (broad SMARTS) is 1. The number of aliphatic hydroxyl groups is 1. The van der Waals surface area contributed by atoms with Crippen LogP contribution >= 0.6 is 0 Å². The predicted molar refractivity (Wildman–Crippen MR) is 59.2 cm³/mol. The number of methoxy groups -OCH3 is 1. The molecule has 1 aromatic carbocycles. The number of carbonyl (C=O) groups excluding carboxylic acids is 1. The van der Waals surface area contributed by atoms with Gasteiger partial charge in [-0.3, -0.25) is 4.79 Å². The number of carboxylic acids is 1. The quantitative estimate of drug-likeness (QED) is 0.745. The van der Waals surface area contributed by atoms with Gasteiger partial charge in [-0.1, -0.05) is 30.3 Å². The van der Waals surface area contributed by atoms with E-state index < -0.39 is 17.5 Å². The van der Waals surface area contributed by atoms with E-state index in [0.29, 0.717) is 5.56 Å². The summed E-state index contributed by atoms with van der Waals surface area (Å²) in [4.78, 5) is 22.1. The van der Waals surface area contributed by atoms with Crippen molar-refractivity contribution in [2.75, 3.05) is 7.11 Å². The number of carbonyl (C=O) groups is 2. The molecule has 5 nitrogen and oxygen atoms in total. The molecule has 0 heterocycles. The Hall–Kier alpha value is -1.88. The van der Waals surface area contributed by atoms with Crippen LogP contribution in [-0.4, -0.2) is 29.3 Å². The first-order chi connectivity index (χ1) is 8.00. The zero-order valence-electron chi connectivity index (χ0n) is 9.42. The zero-order valence-corrected chi connectivity index (χ0v) is 9.42. The van der Waals surface area contributed by atoms with Crippen molar-refractivity contribution in [3.05, 3.63) is 35.9 Å². The molecule has 0 saturated carbocycles. The van der Waals surface area contributed by atoms with Crippen LogP contribution in [0.5, 0.6) is 0 Å². The van der Waals surface area contributed by atoms with E-state index in [0.717, 1.165) is 7.11 Å². The summed E-state index contributed by atoms with van der Waals surface area (Å²) >= 11 is 0. The molecule has 0 aliphatic carbocycles. The number of rotatable bonds is 5. The maximum atomic E-state index is 11.6. The minimum Gasteiger partial charge on any atom is -0.481 e. The van der Waals surface area contributed by atoms with Gasteiger partial charge in [0.2, 0.25) is 0 Å². The Morgan fingerprint density at radius 1 is 1.29 bits per heavy atom. The van der Waals surface area contributed by atoms with Crippen LogP contribution in [0.4, 0.5) is 0 Å². The average Bonchev–Trinajstić information content (AvgIpc) is 2.36. The number of hydrogen-bond donors (Lipinski definition) is 2. The first kappa shape index (κ1) is 13.2. The van der Waals surface area contributed by atoms with Crippen LogP contribution in [0, 0.1) is 0 Å². The Morgan fingerprint density at radius 3 is 2.35 bits per heavy atom. The first-order valence-corrected chi connectivity index (χ1v) is 5.09. The molecule has 0 fully saturated rings. The highest BCUT2D eigenvalue weighted by Crippen LogP contribution is 2.27. The molecule has 0 aromatic heterocycles. The number of hydrogen-bond acceptors (Lipinski definition) is 4. The Morgan fingerprint density at radius 2 is 1.88 bits per heavy atom. The minimum atomic E-state index is -1.91.